The van der Waals surface area contributed by atoms with E-state index in [4.69, 9.17) is 0 Å². The summed E-state index contributed by atoms with van der Waals surface area (Å²) in [4.78, 5) is 23.5. The van der Waals surface area contributed by atoms with Gasteiger partial charge >= 0.3 is 0 Å². The van der Waals surface area contributed by atoms with Crippen molar-refractivity contribution < 1.29 is 18.4 Å². The number of hydrogen-bond donors (Lipinski definition) is 2. The molecule has 1 aromatic rings. The zero-order chi connectivity index (χ0) is 18.1. The van der Waals surface area contributed by atoms with Gasteiger partial charge in [-0.15, -0.1) is 0 Å². The van der Waals surface area contributed by atoms with E-state index in [1.165, 1.54) is 32.1 Å². The van der Waals surface area contributed by atoms with E-state index >= 15 is 0 Å². The van der Waals surface area contributed by atoms with Crippen LogP contribution in [0.25, 0.3) is 0 Å². The zero-order valence-corrected chi connectivity index (χ0v) is 14.5. The van der Waals surface area contributed by atoms with E-state index in [9.17, 15) is 18.4 Å². The third-order valence-electron chi connectivity index (χ3n) is 4.63. The lowest BCUT2D eigenvalue weighted by Gasteiger charge is -2.09. The highest BCUT2D eigenvalue weighted by Crippen LogP contribution is 2.28. The molecule has 0 heterocycles. The van der Waals surface area contributed by atoms with E-state index in [1.54, 1.807) is 0 Å². The van der Waals surface area contributed by atoms with Crippen LogP contribution < -0.4 is 10.6 Å². The maximum atomic E-state index is 13.5. The summed E-state index contributed by atoms with van der Waals surface area (Å²) >= 11 is 0. The first-order valence-corrected chi connectivity index (χ1v) is 9.06. The molecule has 6 heteroatoms. The van der Waals surface area contributed by atoms with Gasteiger partial charge in [0.1, 0.15) is 11.6 Å². The minimum atomic E-state index is -0.891. The smallest absolute Gasteiger partial charge is 0.254 e. The van der Waals surface area contributed by atoms with E-state index in [-0.39, 0.29) is 18.0 Å². The van der Waals surface area contributed by atoms with Crippen LogP contribution in [0.5, 0.6) is 0 Å². The predicted molar refractivity (Wildman–Crippen MR) is 92.1 cm³/mol. The summed E-state index contributed by atoms with van der Waals surface area (Å²) in [6, 6.07) is 2.82. The lowest BCUT2D eigenvalue weighted by Crippen LogP contribution is -2.28. The summed E-state index contributed by atoms with van der Waals surface area (Å²) in [7, 11) is 0. The Morgan fingerprint density at radius 2 is 1.76 bits per heavy atom. The summed E-state index contributed by atoms with van der Waals surface area (Å²) in [5, 5.41) is 5.43. The molecule has 1 saturated carbocycles. The fraction of sp³-hybridized carbons (Fsp3) is 0.579. The number of nitrogens with one attached hydrogen (secondary N) is 2. The number of benzene rings is 1. The lowest BCUT2D eigenvalue weighted by molar-refractivity contribution is -0.121. The van der Waals surface area contributed by atoms with Gasteiger partial charge < -0.3 is 10.6 Å². The average Bonchev–Trinajstić information content (AvgIpc) is 3.09. The molecule has 4 nitrogen and oxygen atoms in total. The fourth-order valence-corrected chi connectivity index (χ4v) is 3.23. The molecule has 1 fully saturated rings. The van der Waals surface area contributed by atoms with Gasteiger partial charge in [-0.05, 0) is 37.3 Å². The first-order valence-electron chi connectivity index (χ1n) is 9.06. The Bertz CT molecular complexity index is 587. The predicted octanol–water partition coefficient (Wildman–Crippen LogP) is 3.56. The number of halogens is 2. The quantitative estimate of drug-likeness (QED) is 0.668. The Hall–Kier alpha value is -1.98. The van der Waals surface area contributed by atoms with Crippen LogP contribution in [0.3, 0.4) is 0 Å². The fourth-order valence-electron chi connectivity index (χ4n) is 3.23. The van der Waals surface area contributed by atoms with Crippen molar-refractivity contribution in [2.45, 2.75) is 51.4 Å². The van der Waals surface area contributed by atoms with Gasteiger partial charge in [-0.25, -0.2) is 8.78 Å². The van der Waals surface area contributed by atoms with Crippen molar-refractivity contribution in [3.05, 3.63) is 35.4 Å². The van der Waals surface area contributed by atoms with Gasteiger partial charge in [-0.1, -0.05) is 25.7 Å². The van der Waals surface area contributed by atoms with Gasteiger partial charge in [0.25, 0.3) is 5.91 Å². The summed E-state index contributed by atoms with van der Waals surface area (Å²) in [5.74, 6) is -1.42. The van der Waals surface area contributed by atoms with Gasteiger partial charge in [0.05, 0.1) is 5.56 Å². The average molecular weight is 352 g/mol. The van der Waals surface area contributed by atoms with Crippen LogP contribution in [0.4, 0.5) is 8.78 Å². The molecule has 0 radical (unpaired) electrons. The normalized spacial score (nSPS) is 14.5. The second-order valence-electron chi connectivity index (χ2n) is 6.63. The molecule has 1 aliphatic rings. The molecule has 2 N–H and O–H groups in total. The van der Waals surface area contributed by atoms with Crippen molar-refractivity contribution in [1.29, 1.82) is 0 Å². The molecule has 0 aliphatic heterocycles. The maximum absolute atomic E-state index is 13.5. The molecule has 0 bridgehead atoms. The largest absolute Gasteiger partial charge is 0.356 e. The summed E-state index contributed by atoms with van der Waals surface area (Å²) in [6.45, 7) is 0.966. The van der Waals surface area contributed by atoms with E-state index in [0.717, 1.165) is 24.5 Å². The maximum Gasteiger partial charge on any atom is 0.254 e. The van der Waals surface area contributed by atoms with Gasteiger partial charge in [-0.3, -0.25) is 9.59 Å². The molecule has 2 rings (SSSR count). The first kappa shape index (κ1) is 19.3. The van der Waals surface area contributed by atoms with Crippen molar-refractivity contribution in [3.63, 3.8) is 0 Å². The van der Waals surface area contributed by atoms with Crippen LogP contribution >= 0.6 is 0 Å². The summed E-state index contributed by atoms with van der Waals surface area (Å²) in [6.07, 6.45) is 8.30. The molecule has 138 valence electrons. The van der Waals surface area contributed by atoms with Crippen LogP contribution in [0.1, 0.15) is 61.7 Å². The van der Waals surface area contributed by atoms with Crippen molar-refractivity contribution >= 4 is 11.8 Å². The first-order chi connectivity index (χ1) is 12.1. The monoisotopic (exact) mass is 352 g/mol. The van der Waals surface area contributed by atoms with Crippen LogP contribution in [0.15, 0.2) is 18.2 Å². The molecular formula is C19H26F2N2O2. The highest BCUT2D eigenvalue weighted by atomic mass is 19.1. The van der Waals surface area contributed by atoms with Gasteiger partial charge in [0.2, 0.25) is 5.91 Å². The SMILES string of the molecule is O=C(CCCNC(=O)c1ccc(F)cc1F)NCCCC1CCCC1. The molecule has 0 saturated heterocycles. The molecule has 0 atom stereocenters. The molecule has 1 aliphatic carbocycles. The highest BCUT2D eigenvalue weighted by Gasteiger charge is 2.14. The third kappa shape index (κ3) is 6.80. The summed E-state index contributed by atoms with van der Waals surface area (Å²) < 4.78 is 26.3. The molecular weight excluding hydrogens is 326 g/mol. The van der Waals surface area contributed by atoms with Crippen LogP contribution in [0, 0.1) is 17.6 Å². The molecule has 0 unspecified atom stereocenters. The Labute approximate surface area is 147 Å². The number of rotatable bonds is 9. The van der Waals surface area contributed by atoms with Crippen LogP contribution in [0.2, 0.25) is 0 Å². The number of hydrogen-bond acceptors (Lipinski definition) is 2. The zero-order valence-electron chi connectivity index (χ0n) is 14.5. The number of carbonyl (C=O) groups is 2. The van der Waals surface area contributed by atoms with E-state index in [0.29, 0.717) is 25.5 Å². The number of amides is 2. The standard InChI is InChI=1S/C19H26F2N2O2/c20-15-9-10-16(17(21)13-15)19(25)23-12-4-8-18(24)22-11-3-7-14-5-1-2-6-14/h9-10,13-14H,1-8,11-12H2,(H,22,24)(H,23,25). The molecule has 0 aromatic heterocycles. The molecule has 2 amide bonds. The lowest BCUT2D eigenvalue weighted by atomic mass is 10.0. The van der Waals surface area contributed by atoms with Crippen molar-refractivity contribution in [2.24, 2.45) is 5.92 Å². The molecule has 1 aromatic carbocycles. The van der Waals surface area contributed by atoms with Crippen LogP contribution in [-0.2, 0) is 4.79 Å². The Kier molecular flexibility index (Phi) is 7.82. The second-order valence-corrected chi connectivity index (χ2v) is 6.63. The van der Waals surface area contributed by atoms with Gasteiger partial charge in [0.15, 0.2) is 0 Å². The van der Waals surface area contributed by atoms with E-state index < -0.39 is 17.5 Å². The van der Waals surface area contributed by atoms with Crippen molar-refractivity contribution in [1.82, 2.24) is 10.6 Å². The molecule has 25 heavy (non-hydrogen) atoms. The third-order valence-corrected chi connectivity index (χ3v) is 4.63. The Morgan fingerprint density at radius 3 is 2.48 bits per heavy atom. The van der Waals surface area contributed by atoms with E-state index in [1.807, 2.05) is 0 Å². The number of carbonyl (C=O) groups excluding carboxylic acids is 2. The minimum absolute atomic E-state index is 0.0337. The topological polar surface area (TPSA) is 58.2 Å². The van der Waals surface area contributed by atoms with Gasteiger partial charge in [-0.2, -0.15) is 0 Å². The molecule has 0 spiro atoms. The second kappa shape index (κ2) is 10.1. The van der Waals surface area contributed by atoms with Crippen molar-refractivity contribution in [3.8, 4) is 0 Å². The van der Waals surface area contributed by atoms with Crippen LogP contribution in [-0.4, -0.2) is 24.9 Å². The highest BCUT2D eigenvalue weighted by molar-refractivity contribution is 5.94. The minimum Gasteiger partial charge on any atom is -0.356 e. The summed E-state index contributed by atoms with van der Waals surface area (Å²) in [5.41, 5.74) is -0.197. The Morgan fingerprint density at radius 1 is 1.04 bits per heavy atom. The Balaban J connectivity index is 1.54. The van der Waals surface area contributed by atoms with Gasteiger partial charge in [0, 0.05) is 25.6 Å². The van der Waals surface area contributed by atoms with Crippen molar-refractivity contribution in [2.75, 3.05) is 13.1 Å². The van der Waals surface area contributed by atoms with E-state index in [2.05, 4.69) is 10.6 Å².